The first-order valence-corrected chi connectivity index (χ1v) is 5.41. The Balaban J connectivity index is 2.11. The van der Waals surface area contributed by atoms with Gasteiger partial charge in [-0.25, -0.2) is 4.79 Å². The molecule has 1 fully saturated rings. The number of amides is 1. The van der Waals surface area contributed by atoms with Crippen molar-refractivity contribution in [3.8, 4) is 5.75 Å². The van der Waals surface area contributed by atoms with Crippen molar-refractivity contribution in [2.24, 2.45) is 0 Å². The Morgan fingerprint density at radius 3 is 3.06 bits per heavy atom. The van der Waals surface area contributed by atoms with Gasteiger partial charge in [0, 0.05) is 0 Å². The van der Waals surface area contributed by atoms with Crippen molar-refractivity contribution in [3.05, 3.63) is 29.8 Å². The van der Waals surface area contributed by atoms with E-state index in [4.69, 9.17) is 14.6 Å². The number of hydrogen-bond acceptors (Lipinski definition) is 4. The highest BCUT2D eigenvalue weighted by atomic mass is 16.6. The predicted molar refractivity (Wildman–Crippen MR) is 61.4 cm³/mol. The predicted octanol–water partition coefficient (Wildman–Crippen LogP) is 1.27. The molecule has 1 saturated heterocycles. The number of carbonyl (C=O) groups excluding carboxylic acids is 1. The summed E-state index contributed by atoms with van der Waals surface area (Å²) >= 11 is 0. The van der Waals surface area contributed by atoms with Crippen molar-refractivity contribution in [1.82, 2.24) is 4.90 Å². The molecule has 0 aromatic heterocycles. The molecule has 0 bridgehead atoms. The normalized spacial score (nSPS) is 18.6. The van der Waals surface area contributed by atoms with Gasteiger partial charge >= 0.3 is 12.1 Å². The van der Waals surface area contributed by atoms with E-state index in [0.717, 1.165) is 10.5 Å². The molecule has 0 spiro atoms. The first-order valence-electron chi connectivity index (χ1n) is 5.41. The highest BCUT2D eigenvalue weighted by molar-refractivity contribution is 5.78. The minimum atomic E-state index is -1.06. The molecule has 1 heterocycles. The van der Waals surface area contributed by atoms with Gasteiger partial charge < -0.3 is 14.6 Å². The molecule has 96 valence electrons. The lowest BCUT2D eigenvalue weighted by Crippen LogP contribution is -2.30. The van der Waals surface area contributed by atoms with E-state index in [1.165, 1.54) is 0 Å². The van der Waals surface area contributed by atoms with Crippen molar-refractivity contribution in [1.29, 1.82) is 0 Å². The molecule has 6 heteroatoms. The number of benzene rings is 1. The Morgan fingerprint density at radius 1 is 1.61 bits per heavy atom. The zero-order valence-corrected chi connectivity index (χ0v) is 9.83. The third-order valence-corrected chi connectivity index (χ3v) is 2.68. The maximum Gasteiger partial charge on any atom is 0.411 e. The number of rotatable bonds is 4. The topological polar surface area (TPSA) is 76.1 Å². The van der Waals surface area contributed by atoms with Crippen LogP contribution in [0.25, 0.3) is 0 Å². The van der Waals surface area contributed by atoms with Gasteiger partial charge in [-0.2, -0.15) is 0 Å². The Hall–Kier alpha value is -2.24. The number of carboxylic acid groups (broad SMARTS) is 1. The number of hydrogen-bond donors (Lipinski definition) is 1. The van der Waals surface area contributed by atoms with Crippen LogP contribution >= 0.6 is 0 Å². The quantitative estimate of drug-likeness (QED) is 0.872. The van der Waals surface area contributed by atoms with Gasteiger partial charge in [0.25, 0.3) is 0 Å². The largest absolute Gasteiger partial charge is 0.497 e. The highest BCUT2D eigenvalue weighted by Gasteiger charge is 2.33. The number of nitrogens with zero attached hydrogens (tertiary/aromatic N) is 1. The minimum absolute atomic E-state index is 0.234. The van der Waals surface area contributed by atoms with Crippen LogP contribution in [0.4, 0.5) is 4.79 Å². The third kappa shape index (κ3) is 2.53. The van der Waals surface area contributed by atoms with Crippen LogP contribution in [-0.2, 0) is 9.53 Å². The number of cyclic esters (lactones) is 1. The van der Waals surface area contributed by atoms with E-state index < -0.39 is 18.2 Å². The lowest BCUT2D eigenvalue weighted by atomic mass is 10.1. The molecule has 2 rings (SSSR count). The lowest BCUT2D eigenvalue weighted by molar-refractivity contribution is -0.137. The van der Waals surface area contributed by atoms with Gasteiger partial charge in [0.15, 0.2) is 0 Å². The maximum atomic E-state index is 11.5. The maximum absolute atomic E-state index is 11.5. The van der Waals surface area contributed by atoms with Crippen molar-refractivity contribution in [3.63, 3.8) is 0 Å². The Kier molecular flexibility index (Phi) is 3.36. The third-order valence-electron chi connectivity index (χ3n) is 2.68. The number of carbonyl (C=O) groups is 2. The summed E-state index contributed by atoms with van der Waals surface area (Å²) < 4.78 is 10.2. The molecule has 1 atom stereocenters. The van der Waals surface area contributed by atoms with Crippen LogP contribution < -0.4 is 4.74 Å². The Labute approximate surface area is 104 Å². The van der Waals surface area contributed by atoms with Crippen molar-refractivity contribution in [2.45, 2.75) is 6.10 Å². The summed E-state index contributed by atoms with van der Waals surface area (Å²) in [5.41, 5.74) is 0.788. The molecular formula is C12H13NO5. The SMILES string of the molecule is COc1cccc(C2CN(CC(=O)O)C(=O)O2)c1. The molecule has 1 N–H and O–H groups in total. The van der Waals surface area contributed by atoms with E-state index in [0.29, 0.717) is 5.75 Å². The molecule has 1 aliphatic heterocycles. The van der Waals surface area contributed by atoms with E-state index in [9.17, 15) is 9.59 Å². The van der Waals surface area contributed by atoms with Gasteiger partial charge in [-0.1, -0.05) is 12.1 Å². The standard InChI is InChI=1S/C12H13NO5/c1-17-9-4-2-3-8(5-9)10-6-13(7-11(14)15)12(16)18-10/h2-5,10H,6-7H2,1H3,(H,14,15). The summed E-state index contributed by atoms with van der Waals surface area (Å²) in [6.07, 6.45) is -1.06. The molecule has 1 unspecified atom stereocenters. The second-order valence-corrected chi connectivity index (χ2v) is 3.92. The Morgan fingerprint density at radius 2 is 2.39 bits per heavy atom. The van der Waals surface area contributed by atoms with Crippen LogP contribution in [0.2, 0.25) is 0 Å². The fraction of sp³-hybridized carbons (Fsp3) is 0.333. The molecule has 0 saturated carbocycles. The first-order chi connectivity index (χ1) is 8.60. The molecule has 0 aliphatic carbocycles. The molecule has 0 radical (unpaired) electrons. The fourth-order valence-corrected chi connectivity index (χ4v) is 1.82. The van der Waals surface area contributed by atoms with Gasteiger partial charge in [0.1, 0.15) is 18.4 Å². The molecular weight excluding hydrogens is 238 g/mol. The number of carboxylic acids is 1. The average Bonchev–Trinajstić information content (AvgIpc) is 2.70. The second kappa shape index (κ2) is 4.95. The smallest absolute Gasteiger partial charge is 0.411 e. The summed E-state index contributed by atoms with van der Waals surface area (Å²) in [5, 5.41) is 8.66. The van der Waals surface area contributed by atoms with Crippen molar-refractivity contribution in [2.75, 3.05) is 20.2 Å². The van der Waals surface area contributed by atoms with Crippen LogP contribution in [0.5, 0.6) is 5.75 Å². The molecule has 1 aliphatic rings. The number of aliphatic carboxylic acids is 1. The summed E-state index contributed by atoms with van der Waals surface area (Å²) in [6.45, 7) is -0.113. The lowest BCUT2D eigenvalue weighted by Gasteiger charge is -2.10. The first kappa shape index (κ1) is 12.2. The molecule has 6 nitrogen and oxygen atoms in total. The van der Waals surface area contributed by atoms with E-state index in [1.54, 1.807) is 25.3 Å². The molecule has 1 aromatic carbocycles. The van der Waals surface area contributed by atoms with Gasteiger partial charge in [-0.05, 0) is 17.7 Å². The van der Waals surface area contributed by atoms with Crippen LogP contribution in [0.15, 0.2) is 24.3 Å². The summed E-state index contributed by atoms with van der Waals surface area (Å²) in [6, 6.07) is 7.16. The molecule has 1 aromatic rings. The summed E-state index contributed by atoms with van der Waals surface area (Å²) in [7, 11) is 1.55. The van der Waals surface area contributed by atoms with Gasteiger partial charge in [0.2, 0.25) is 0 Å². The zero-order chi connectivity index (χ0) is 13.1. The van der Waals surface area contributed by atoms with Gasteiger partial charge in [-0.15, -0.1) is 0 Å². The minimum Gasteiger partial charge on any atom is -0.497 e. The van der Waals surface area contributed by atoms with E-state index in [1.807, 2.05) is 6.07 Å². The monoisotopic (exact) mass is 251 g/mol. The van der Waals surface area contributed by atoms with E-state index >= 15 is 0 Å². The molecule has 18 heavy (non-hydrogen) atoms. The van der Waals surface area contributed by atoms with E-state index in [2.05, 4.69) is 0 Å². The van der Waals surface area contributed by atoms with Crippen LogP contribution in [0.1, 0.15) is 11.7 Å². The van der Waals surface area contributed by atoms with Gasteiger partial charge in [-0.3, -0.25) is 9.69 Å². The zero-order valence-electron chi connectivity index (χ0n) is 9.83. The summed E-state index contributed by atoms with van der Waals surface area (Å²) in [5.74, 6) is -0.390. The van der Waals surface area contributed by atoms with E-state index in [-0.39, 0.29) is 13.1 Å². The van der Waals surface area contributed by atoms with Crippen LogP contribution in [0, 0.1) is 0 Å². The van der Waals surface area contributed by atoms with Gasteiger partial charge in [0.05, 0.1) is 13.7 Å². The number of ether oxygens (including phenoxy) is 2. The van der Waals surface area contributed by atoms with Crippen molar-refractivity contribution < 1.29 is 24.2 Å². The van der Waals surface area contributed by atoms with Crippen LogP contribution in [-0.4, -0.2) is 42.3 Å². The summed E-state index contributed by atoms with van der Waals surface area (Å²) in [4.78, 5) is 23.2. The van der Waals surface area contributed by atoms with Crippen molar-refractivity contribution >= 4 is 12.1 Å². The second-order valence-electron chi connectivity index (χ2n) is 3.92. The fourth-order valence-electron chi connectivity index (χ4n) is 1.82. The highest BCUT2D eigenvalue weighted by Crippen LogP contribution is 2.28. The number of methoxy groups -OCH3 is 1. The average molecular weight is 251 g/mol. The molecule has 1 amide bonds. The van der Waals surface area contributed by atoms with Crippen LogP contribution in [0.3, 0.4) is 0 Å². The Bertz CT molecular complexity index is 473.